The van der Waals surface area contributed by atoms with Crippen LogP contribution >= 0.6 is 0 Å². The van der Waals surface area contributed by atoms with Crippen molar-refractivity contribution < 1.29 is 4.79 Å². The van der Waals surface area contributed by atoms with Gasteiger partial charge in [-0.1, -0.05) is 6.92 Å². The van der Waals surface area contributed by atoms with E-state index in [4.69, 9.17) is 0 Å². The second-order valence-electron chi connectivity index (χ2n) is 6.63. The fourth-order valence-corrected chi connectivity index (χ4v) is 3.66. The van der Waals surface area contributed by atoms with Crippen LogP contribution < -0.4 is 5.32 Å². The van der Waals surface area contributed by atoms with Gasteiger partial charge >= 0.3 is 6.03 Å². The summed E-state index contributed by atoms with van der Waals surface area (Å²) < 4.78 is 0. The van der Waals surface area contributed by atoms with Crippen molar-refractivity contribution in [2.45, 2.75) is 32.2 Å². The van der Waals surface area contributed by atoms with E-state index in [0.29, 0.717) is 6.04 Å². The standard InChI is InChI=1S/C15H28N4O/c1-13-2-7-18(8-3-13)15(20)19-9-4-14(12-19)17-10-5-16-6-11-17/h13-14,16H,2-12H2,1H3. The van der Waals surface area contributed by atoms with Crippen LogP contribution in [0.2, 0.25) is 0 Å². The molecule has 1 atom stereocenters. The first-order chi connectivity index (χ1) is 9.74. The molecule has 3 fully saturated rings. The van der Waals surface area contributed by atoms with Gasteiger partial charge in [-0.2, -0.15) is 0 Å². The molecule has 0 radical (unpaired) electrons. The van der Waals surface area contributed by atoms with Crippen molar-refractivity contribution in [3.8, 4) is 0 Å². The Morgan fingerprint density at radius 3 is 2.30 bits per heavy atom. The second-order valence-corrected chi connectivity index (χ2v) is 6.63. The van der Waals surface area contributed by atoms with Gasteiger partial charge in [0.25, 0.3) is 0 Å². The predicted molar refractivity (Wildman–Crippen MR) is 79.8 cm³/mol. The topological polar surface area (TPSA) is 38.8 Å². The number of nitrogens with zero attached hydrogens (tertiary/aromatic N) is 3. The average Bonchev–Trinajstić information content (AvgIpc) is 2.98. The zero-order valence-corrected chi connectivity index (χ0v) is 12.7. The van der Waals surface area contributed by atoms with E-state index >= 15 is 0 Å². The van der Waals surface area contributed by atoms with Gasteiger partial charge in [0.1, 0.15) is 0 Å². The lowest BCUT2D eigenvalue weighted by Crippen LogP contribution is -2.50. The van der Waals surface area contributed by atoms with Gasteiger partial charge in [0.05, 0.1) is 0 Å². The van der Waals surface area contributed by atoms with Crippen LogP contribution in [0.1, 0.15) is 26.2 Å². The summed E-state index contributed by atoms with van der Waals surface area (Å²) in [5.74, 6) is 0.784. The molecule has 5 heteroatoms. The molecule has 0 aromatic heterocycles. The highest BCUT2D eigenvalue weighted by molar-refractivity contribution is 5.75. The number of piperidine rings is 1. The Morgan fingerprint density at radius 2 is 1.60 bits per heavy atom. The molecule has 0 aromatic rings. The number of rotatable bonds is 1. The molecule has 2 amide bonds. The van der Waals surface area contributed by atoms with Crippen molar-refractivity contribution in [2.75, 3.05) is 52.4 Å². The second kappa shape index (κ2) is 6.31. The van der Waals surface area contributed by atoms with Gasteiger partial charge in [0.15, 0.2) is 0 Å². The Bertz CT molecular complexity index is 335. The number of amides is 2. The minimum atomic E-state index is 0.287. The van der Waals surface area contributed by atoms with E-state index < -0.39 is 0 Å². The summed E-state index contributed by atoms with van der Waals surface area (Å²) in [6.45, 7) is 10.5. The molecule has 0 saturated carbocycles. The summed E-state index contributed by atoms with van der Waals surface area (Å²) in [4.78, 5) is 19.3. The van der Waals surface area contributed by atoms with E-state index in [1.54, 1.807) is 0 Å². The molecule has 3 saturated heterocycles. The number of carbonyl (C=O) groups is 1. The molecule has 3 heterocycles. The minimum absolute atomic E-state index is 0.287. The van der Waals surface area contributed by atoms with E-state index in [1.165, 1.54) is 12.8 Å². The first-order valence-electron chi connectivity index (χ1n) is 8.22. The van der Waals surface area contributed by atoms with Crippen molar-refractivity contribution in [3.05, 3.63) is 0 Å². The van der Waals surface area contributed by atoms with Crippen molar-refractivity contribution in [1.82, 2.24) is 20.0 Å². The van der Waals surface area contributed by atoms with Gasteiger partial charge in [-0.15, -0.1) is 0 Å². The molecular weight excluding hydrogens is 252 g/mol. The lowest BCUT2D eigenvalue weighted by Gasteiger charge is -2.35. The largest absolute Gasteiger partial charge is 0.325 e. The number of carbonyl (C=O) groups excluding carboxylic acids is 1. The Balaban J connectivity index is 1.50. The number of piperazine rings is 1. The van der Waals surface area contributed by atoms with Gasteiger partial charge in [-0.3, -0.25) is 4.90 Å². The quantitative estimate of drug-likeness (QED) is 0.773. The third kappa shape index (κ3) is 3.09. The summed E-state index contributed by atoms with van der Waals surface area (Å²) in [5.41, 5.74) is 0. The number of urea groups is 1. The normalized spacial score (nSPS) is 29.9. The zero-order chi connectivity index (χ0) is 13.9. The molecule has 1 unspecified atom stereocenters. The van der Waals surface area contributed by atoms with Crippen LogP contribution in [0.15, 0.2) is 0 Å². The van der Waals surface area contributed by atoms with Crippen LogP contribution in [0.5, 0.6) is 0 Å². The fourth-order valence-electron chi connectivity index (χ4n) is 3.66. The van der Waals surface area contributed by atoms with Crippen LogP contribution in [0.4, 0.5) is 4.79 Å². The molecule has 20 heavy (non-hydrogen) atoms. The number of hydrogen-bond donors (Lipinski definition) is 1. The lowest BCUT2D eigenvalue weighted by molar-refractivity contribution is 0.134. The maximum atomic E-state index is 12.6. The van der Waals surface area contributed by atoms with Crippen molar-refractivity contribution in [1.29, 1.82) is 0 Å². The predicted octanol–water partition coefficient (Wildman–Crippen LogP) is 0.818. The number of hydrogen-bond acceptors (Lipinski definition) is 3. The smallest absolute Gasteiger partial charge is 0.320 e. The van der Waals surface area contributed by atoms with Crippen LogP contribution in [0.3, 0.4) is 0 Å². The Morgan fingerprint density at radius 1 is 0.950 bits per heavy atom. The van der Waals surface area contributed by atoms with Gasteiger partial charge < -0.3 is 15.1 Å². The fraction of sp³-hybridized carbons (Fsp3) is 0.933. The third-order valence-corrected chi connectivity index (χ3v) is 5.16. The first-order valence-corrected chi connectivity index (χ1v) is 8.22. The molecule has 5 nitrogen and oxygen atoms in total. The van der Waals surface area contributed by atoms with Gasteiger partial charge in [-0.25, -0.2) is 4.79 Å². The highest BCUT2D eigenvalue weighted by Crippen LogP contribution is 2.21. The van der Waals surface area contributed by atoms with E-state index in [2.05, 4.69) is 26.9 Å². The van der Waals surface area contributed by atoms with Crippen molar-refractivity contribution >= 4 is 6.03 Å². The SMILES string of the molecule is CC1CCN(C(=O)N2CCC(N3CCNCC3)C2)CC1. The van der Waals surface area contributed by atoms with E-state index in [1.807, 2.05) is 0 Å². The monoisotopic (exact) mass is 280 g/mol. The number of nitrogens with one attached hydrogen (secondary N) is 1. The summed E-state index contributed by atoms with van der Waals surface area (Å²) in [7, 11) is 0. The number of likely N-dealkylation sites (tertiary alicyclic amines) is 2. The molecule has 1 N–H and O–H groups in total. The first kappa shape index (κ1) is 14.1. The molecule has 0 aromatic carbocycles. The van der Waals surface area contributed by atoms with Gasteiger partial charge in [0.2, 0.25) is 0 Å². The zero-order valence-electron chi connectivity index (χ0n) is 12.7. The molecule has 3 aliphatic heterocycles. The highest BCUT2D eigenvalue weighted by atomic mass is 16.2. The summed E-state index contributed by atoms with van der Waals surface area (Å²) in [6, 6.07) is 0.874. The van der Waals surface area contributed by atoms with Crippen molar-refractivity contribution in [3.63, 3.8) is 0 Å². The summed E-state index contributed by atoms with van der Waals surface area (Å²) in [6.07, 6.45) is 3.48. The van der Waals surface area contributed by atoms with E-state index in [9.17, 15) is 4.79 Å². The van der Waals surface area contributed by atoms with Gasteiger partial charge in [-0.05, 0) is 25.2 Å². The maximum absolute atomic E-state index is 12.6. The Kier molecular flexibility index (Phi) is 4.46. The molecule has 0 bridgehead atoms. The van der Waals surface area contributed by atoms with E-state index in [-0.39, 0.29) is 6.03 Å². The van der Waals surface area contributed by atoms with E-state index in [0.717, 1.165) is 64.7 Å². The van der Waals surface area contributed by atoms with Crippen LogP contribution in [-0.4, -0.2) is 79.1 Å². The summed E-state index contributed by atoms with van der Waals surface area (Å²) in [5, 5.41) is 3.40. The maximum Gasteiger partial charge on any atom is 0.320 e. The highest BCUT2D eigenvalue weighted by Gasteiger charge is 2.33. The van der Waals surface area contributed by atoms with Gasteiger partial charge in [0, 0.05) is 58.4 Å². The third-order valence-electron chi connectivity index (χ3n) is 5.16. The molecule has 3 rings (SSSR count). The van der Waals surface area contributed by atoms with Crippen molar-refractivity contribution in [2.24, 2.45) is 5.92 Å². The molecule has 3 aliphatic rings. The summed E-state index contributed by atoms with van der Waals surface area (Å²) >= 11 is 0. The van der Waals surface area contributed by atoms with Crippen LogP contribution in [0.25, 0.3) is 0 Å². The Hall–Kier alpha value is -0.810. The average molecular weight is 280 g/mol. The Labute approximate surface area is 122 Å². The van der Waals surface area contributed by atoms with Crippen LogP contribution in [0, 0.1) is 5.92 Å². The molecular formula is C15H28N4O. The molecule has 0 aliphatic carbocycles. The minimum Gasteiger partial charge on any atom is -0.325 e. The molecule has 114 valence electrons. The van der Waals surface area contributed by atoms with Crippen LogP contribution in [-0.2, 0) is 0 Å². The lowest BCUT2D eigenvalue weighted by atomic mass is 10.00. The molecule has 0 spiro atoms.